The topological polar surface area (TPSA) is 51.2 Å². The van der Waals surface area contributed by atoms with Crippen LogP contribution in [-0.2, 0) is 4.79 Å². The van der Waals surface area contributed by atoms with Crippen LogP contribution >= 0.6 is 0 Å². The molecule has 1 aliphatic rings. The van der Waals surface area contributed by atoms with E-state index in [2.05, 4.69) is 29.0 Å². The van der Waals surface area contributed by atoms with Gasteiger partial charge in [-0.15, -0.1) is 0 Å². The largest absolute Gasteiger partial charge is 0.481 e. The van der Waals surface area contributed by atoms with Gasteiger partial charge in [0, 0.05) is 11.1 Å². The predicted molar refractivity (Wildman–Crippen MR) is 118 cm³/mol. The third-order valence-corrected chi connectivity index (χ3v) is 4.90. The summed E-state index contributed by atoms with van der Waals surface area (Å²) in [7, 11) is 1.62. The number of pyridine rings is 1. The maximum atomic E-state index is 11.9. The number of rotatable bonds is 6. The zero-order valence-electron chi connectivity index (χ0n) is 17.5. The first-order valence-electron chi connectivity index (χ1n) is 10.1. The molecule has 1 heterocycles. The first kappa shape index (κ1) is 24.2. The summed E-state index contributed by atoms with van der Waals surface area (Å²) < 4.78 is 34.5. The second-order valence-corrected chi connectivity index (χ2v) is 7.05. The van der Waals surface area contributed by atoms with Crippen molar-refractivity contribution in [2.75, 3.05) is 12.4 Å². The standard InChI is InChI=1S/C23H26N2O2.CHF3/c1-3-21(26)24-20-16-19(15-14-17-10-6-4-7-11-17)23(27-2)25-22(20)18-12-8-5-9-13-18;2-1(3)4/h3,5,8-9,12-17H,1,4,6-7,10-11H2,2H3,(H,24,26);1H/b15-14+;. The Hall–Kier alpha value is -3.09. The molecule has 166 valence electrons. The van der Waals surface area contributed by atoms with Crippen molar-refractivity contribution in [2.45, 2.75) is 38.8 Å². The molecule has 7 heteroatoms. The van der Waals surface area contributed by atoms with Crippen LogP contribution in [0.2, 0.25) is 0 Å². The van der Waals surface area contributed by atoms with E-state index in [1.165, 1.54) is 38.2 Å². The van der Waals surface area contributed by atoms with Gasteiger partial charge in [0.25, 0.3) is 0 Å². The molecular weight excluding hydrogens is 405 g/mol. The van der Waals surface area contributed by atoms with Crippen LogP contribution in [0, 0.1) is 5.92 Å². The van der Waals surface area contributed by atoms with Crippen molar-refractivity contribution < 1.29 is 22.7 Å². The molecule has 0 aliphatic heterocycles. The average Bonchev–Trinajstić information content (AvgIpc) is 2.78. The van der Waals surface area contributed by atoms with Gasteiger partial charge in [0.2, 0.25) is 11.8 Å². The molecule has 0 atom stereocenters. The molecule has 1 aromatic carbocycles. The molecule has 0 bridgehead atoms. The zero-order chi connectivity index (χ0) is 22.6. The van der Waals surface area contributed by atoms with Gasteiger partial charge in [0.1, 0.15) is 0 Å². The van der Waals surface area contributed by atoms with E-state index >= 15 is 0 Å². The van der Waals surface area contributed by atoms with Gasteiger partial charge >= 0.3 is 6.68 Å². The molecule has 31 heavy (non-hydrogen) atoms. The number of carbonyl (C=O) groups is 1. The monoisotopic (exact) mass is 432 g/mol. The number of anilines is 1. The van der Waals surface area contributed by atoms with E-state index in [0.29, 0.717) is 23.2 Å². The summed E-state index contributed by atoms with van der Waals surface area (Å²) in [4.78, 5) is 16.6. The molecule has 1 aliphatic carbocycles. The van der Waals surface area contributed by atoms with Crippen LogP contribution in [0.5, 0.6) is 5.88 Å². The molecule has 0 radical (unpaired) electrons. The minimum absolute atomic E-state index is 0.263. The number of allylic oxidation sites excluding steroid dienone is 1. The Morgan fingerprint density at radius 2 is 1.84 bits per heavy atom. The van der Waals surface area contributed by atoms with Gasteiger partial charge in [0.05, 0.1) is 18.5 Å². The Morgan fingerprint density at radius 1 is 1.19 bits per heavy atom. The van der Waals surface area contributed by atoms with Crippen molar-refractivity contribution in [1.29, 1.82) is 0 Å². The number of hydrogen-bond acceptors (Lipinski definition) is 3. The number of nitrogens with one attached hydrogen (secondary N) is 1. The van der Waals surface area contributed by atoms with Crippen LogP contribution in [-0.4, -0.2) is 24.7 Å². The van der Waals surface area contributed by atoms with E-state index in [9.17, 15) is 18.0 Å². The number of benzene rings is 1. The molecule has 0 spiro atoms. The molecule has 2 aromatic rings. The number of alkyl halides is 3. The number of halogens is 3. The van der Waals surface area contributed by atoms with Crippen LogP contribution < -0.4 is 10.1 Å². The van der Waals surface area contributed by atoms with E-state index in [4.69, 9.17) is 4.74 Å². The van der Waals surface area contributed by atoms with E-state index in [-0.39, 0.29) is 5.91 Å². The normalized spacial score (nSPS) is 14.1. The lowest BCUT2D eigenvalue weighted by Crippen LogP contribution is -2.10. The summed E-state index contributed by atoms with van der Waals surface area (Å²) in [5, 5.41) is 2.88. The molecule has 1 N–H and O–H groups in total. The minimum atomic E-state index is -3.67. The highest BCUT2D eigenvalue weighted by atomic mass is 19.4. The first-order chi connectivity index (χ1) is 14.9. The SMILES string of the molecule is C=CC(=O)Nc1cc(/C=C/C2CCCCC2)c(OC)nc1-c1ccccc1.FC(F)F. The fraction of sp³-hybridized carbons (Fsp3) is 0.333. The summed E-state index contributed by atoms with van der Waals surface area (Å²) in [5.41, 5.74) is 3.10. The van der Waals surface area contributed by atoms with Gasteiger partial charge in [-0.3, -0.25) is 4.79 Å². The van der Waals surface area contributed by atoms with E-state index < -0.39 is 6.68 Å². The third-order valence-electron chi connectivity index (χ3n) is 4.90. The van der Waals surface area contributed by atoms with E-state index in [1.54, 1.807) is 7.11 Å². The van der Waals surface area contributed by atoms with Crippen molar-refractivity contribution in [3.05, 3.63) is 60.7 Å². The number of methoxy groups -OCH3 is 1. The fourth-order valence-corrected chi connectivity index (χ4v) is 3.46. The lowest BCUT2D eigenvalue weighted by Gasteiger charge is -2.18. The molecule has 4 nitrogen and oxygen atoms in total. The van der Waals surface area contributed by atoms with Gasteiger partial charge in [-0.1, -0.05) is 68.3 Å². The summed E-state index contributed by atoms with van der Waals surface area (Å²) in [5.74, 6) is 0.891. The molecular formula is C24H27F3N2O2. The molecule has 3 rings (SSSR count). The second kappa shape index (κ2) is 12.6. The Kier molecular flexibility index (Phi) is 9.81. The maximum Gasteiger partial charge on any atom is 0.379 e. The molecule has 1 saturated carbocycles. The maximum absolute atomic E-state index is 11.9. The summed E-state index contributed by atoms with van der Waals surface area (Å²) in [6.07, 6.45) is 12.0. The van der Waals surface area contributed by atoms with Crippen molar-refractivity contribution in [3.63, 3.8) is 0 Å². The summed E-state index contributed by atoms with van der Waals surface area (Å²) >= 11 is 0. The van der Waals surface area contributed by atoms with Gasteiger partial charge in [-0.25, -0.2) is 4.98 Å². The quantitative estimate of drug-likeness (QED) is 0.520. The minimum Gasteiger partial charge on any atom is -0.481 e. The van der Waals surface area contributed by atoms with Crippen molar-refractivity contribution >= 4 is 17.7 Å². The summed E-state index contributed by atoms with van der Waals surface area (Å²) in [6, 6.07) is 11.7. The van der Waals surface area contributed by atoms with Crippen LogP contribution in [0.4, 0.5) is 18.9 Å². The number of carbonyl (C=O) groups excluding carboxylic acids is 1. The number of aromatic nitrogens is 1. The van der Waals surface area contributed by atoms with Gasteiger partial charge in [0.15, 0.2) is 0 Å². The lowest BCUT2D eigenvalue weighted by atomic mass is 9.89. The van der Waals surface area contributed by atoms with E-state index in [1.807, 2.05) is 36.4 Å². The Morgan fingerprint density at radius 3 is 2.42 bits per heavy atom. The van der Waals surface area contributed by atoms with E-state index in [0.717, 1.165) is 11.1 Å². The predicted octanol–water partition coefficient (Wildman–Crippen LogP) is 6.65. The zero-order valence-corrected chi connectivity index (χ0v) is 17.5. The second-order valence-electron chi connectivity index (χ2n) is 7.05. The van der Waals surface area contributed by atoms with Crippen LogP contribution in [0.3, 0.4) is 0 Å². The van der Waals surface area contributed by atoms with Crippen LogP contribution in [0.1, 0.15) is 37.7 Å². The summed E-state index contributed by atoms with van der Waals surface area (Å²) in [6.45, 7) is -0.125. The lowest BCUT2D eigenvalue weighted by molar-refractivity contribution is -0.111. The van der Waals surface area contributed by atoms with Crippen LogP contribution in [0.25, 0.3) is 17.3 Å². The third kappa shape index (κ3) is 7.92. The average molecular weight is 432 g/mol. The molecule has 0 unspecified atom stereocenters. The molecule has 1 amide bonds. The van der Waals surface area contributed by atoms with Crippen molar-refractivity contribution in [1.82, 2.24) is 4.98 Å². The van der Waals surface area contributed by atoms with Gasteiger partial charge in [-0.2, -0.15) is 13.2 Å². The Bertz CT molecular complexity index is 877. The Balaban J connectivity index is 0.000000785. The van der Waals surface area contributed by atoms with Crippen molar-refractivity contribution in [2.24, 2.45) is 5.92 Å². The molecule has 0 saturated heterocycles. The Labute approximate surface area is 180 Å². The smallest absolute Gasteiger partial charge is 0.379 e. The molecule has 1 aromatic heterocycles. The van der Waals surface area contributed by atoms with Crippen LogP contribution in [0.15, 0.2) is 55.1 Å². The number of amides is 1. The van der Waals surface area contributed by atoms with Gasteiger partial charge in [-0.05, 0) is 30.9 Å². The number of hydrogen-bond donors (Lipinski definition) is 1. The highest BCUT2D eigenvalue weighted by molar-refractivity contribution is 6.01. The number of nitrogens with zero attached hydrogens (tertiary/aromatic N) is 1. The molecule has 1 fully saturated rings. The fourth-order valence-electron chi connectivity index (χ4n) is 3.46. The highest BCUT2D eigenvalue weighted by Crippen LogP contribution is 2.33. The highest BCUT2D eigenvalue weighted by Gasteiger charge is 2.15. The first-order valence-corrected chi connectivity index (χ1v) is 10.1. The van der Waals surface area contributed by atoms with Crippen molar-refractivity contribution in [3.8, 4) is 17.1 Å². The van der Waals surface area contributed by atoms with Gasteiger partial charge < -0.3 is 10.1 Å². The number of ether oxygens (including phenoxy) is 1.